The Kier molecular flexibility index (Phi) is 5.67. The molecule has 24 heavy (non-hydrogen) atoms. The van der Waals surface area contributed by atoms with Crippen molar-refractivity contribution in [2.45, 2.75) is 11.1 Å². The van der Waals surface area contributed by atoms with E-state index < -0.39 is 21.3 Å². The lowest BCUT2D eigenvalue weighted by Crippen LogP contribution is -2.28. The first kappa shape index (κ1) is 18.5. The highest BCUT2D eigenvalue weighted by molar-refractivity contribution is 9.10. The summed E-state index contributed by atoms with van der Waals surface area (Å²) in [6.07, 6.45) is -1.31. The molecule has 10 heteroatoms. The van der Waals surface area contributed by atoms with Gasteiger partial charge in [-0.05, 0) is 29.8 Å². The van der Waals surface area contributed by atoms with E-state index in [1.54, 1.807) is 24.3 Å². The van der Waals surface area contributed by atoms with Gasteiger partial charge in [0.1, 0.15) is 0 Å². The Morgan fingerprint density at radius 1 is 1.17 bits per heavy atom. The molecule has 0 aromatic heterocycles. The molecule has 0 spiro atoms. The van der Waals surface area contributed by atoms with E-state index in [1.165, 1.54) is 7.05 Å². The normalized spacial score (nSPS) is 13.0. The maximum Gasteiger partial charge on any atom is 0.313 e. The minimum Gasteiger partial charge on any atom is -0.372 e. The Balaban J connectivity index is 2.15. The average Bonchev–Trinajstić information content (AvgIpc) is 2.54. The third-order valence-electron chi connectivity index (χ3n) is 3.06. The van der Waals surface area contributed by atoms with E-state index in [2.05, 4.69) is 15.9 Å². The zero-order valence-electron chi connectivity index (χ0n) is 12.4. The van der Waals surface area contributed by atoms with Gasteiger partial charge in [0, 0.05) is 23.7 Å². The van der Waals surface area contributed by atoms with Gasteiger partial charge in [-0.15, -0.1) is 5.06 Å². The van der Waals surface area contributed by atoms with Crippen molar-refractivity contribution in [2.24, 2.45) is 0 Å². The minimum atomic E-state index is -4.23. The molecule has 1 N–H and O–H groups in total. The molecule has 0 bridgehead atoms. The molecule has 128 valence electrons. The van der Waals surface area contributed by atoms with Crippen LogP contribution in [0.15, 0.2) is 57.9 Å². The third-order valence-corrected chi connectivity index (χ3v) is 4.87. The molecular formula is C14H13BrN2O6S. The van der Waals surface area contributed by atoms with E-state index in [0.717, 1.165) is 33.8 Å². The van der Waals surface area contributed by atoms with Crippen molar-refractivity contribution in [2.75, 3.05) is 7.05 Å². The number of halogens is 1. The molecule has 0 aliphatic carbocycles. The van der Waals surface area contributed by atoms with E-state index in [1.807, 2.05) is 0 Å². The van der Waals surface area contributed by atoms with Gasteiger partial charge >= 0.3 is 10.1 Å². The quantitative estimate of drug-likeness (QED) is 0.437. The fourth-order valence-electron chi connectivity index (χ4n) is 1.82. The largest absolute Gasteiger partial charge is 0.372 e. The fraction of sp³-hybridized carbons (Fsp3) is 0.143. The lowest BCUT2D eigenvalue weighted by atomic mass is 10.2. The van der Waals surface area contributed by atoms with Gasteiger partial charge in [-0.3, -0.25) is 10.1 Å². The van der Waals surface area contributed by atoms with Gasteiger partial charge in [0.25, 0.3) is 5.69 Å². The highest BCUT2D eigenvalue weighted by atomic mass is 79.9. The number of nitrogens with zero attached hydrogens (tertiary/aromatic N) is 2. The fourth-order valence-corrected chi connectivity index (χ4v) is 3.03. The van der Waals surface area contributed by atoms with Gasteiger partial charge in [-0.25, -0.2) is 0 Å². The van der Waals surface area contributed by atoms with Crippen LogP contribution >= 0.6 is 15.9 Å². The van der Waals surface area contributed by atoms with E-state index in [4.69, 9.17) is 4.28 Å². The number of hydroxylamine groups is 2. The van der Waals surface area contributed by atoms with Crippen LogP contribution in [0.25, 0.3) is 0 Å². The molecule has 0 heterocycles. The van der Waals surface area contributed by atoms with Crippen LogP contribution in [0.3, 0.4) is 0 Å². The Morgan fingerprint density at radius 3 is 2.21 bits per heavy atom. The summed E-state index contributed by atoms with van der Waals surface area (Å²) in [7, 11) is -2.97. The number of rotatable bonds is 6. The number of hydrogen-bond acceptors (Lipinski definition) is 7. The van der Waals surface area contributed by atoms with Crippen LogP contribution in [0.5, 0.6) is 0 Å². The van der Waals surface area contributed by atoms with Crippen LogP contribution in [0, 0.1) is 10.1 Å². The smallest absolute Gasteiger partial charge is 0.313 e. The summed E-state index contributed by atoms with van der Waals surface area (Å²) in [5, 5.41) is 21.5. The number of non-ortho nitro benzene ring substituents is 1. The summed E-state index contributed by atoms with van der Waals surface area (Å²) in [4.78, 5) is 9.69. The van der Waals surface area contributed by atoms with Crippen molar-refractivity contribution < 1.29 is 22.7 Å². The number of nitro groups is 1. The first-order valence-electron chi connectivity index (χ1n) is 6.56. The minimum absolute atomic E-state index is 0.239. The van der Waals surface area contributed by atoms with Crippen LogP contribution in [0.2, 0.25) is 0 Å². The van der Waals surface area contributed by atoms with E-state index in [0.29, 0.717) is 5.56 Å². The number of nitro benzene ring substituents is 1. The molecule has 0 fully saturated rings. The number of benzene rings is 2. The van der Waals surface area contributed by atoms with Crippen LogP contribution in [0.1, 0.15) is 11.8 Å². The Hall–Kier alpha value is -1.85. The van der Waals surface area contributed by atoms with Crippen LogP contribution in [0.4, 0.5) is 5.69 Å². The molecule has 1 unspecified atom stereocenters. The molecule has 0 aliphatic rings. The van der Waals surface area contributed by atoms with Crippen molar-refractivity contribution >= 4 is 31.7 Å². The van der Waals surface area contributed by atoms with Crippen LogP contribution in [-0.4, -0.2) is 30.6 Å². The second-order valence-electron chi connectivity index (χ2n) is 4.75. The maximum absolute atomic E-state index is 12.2. The van der Waals surface area contributed by atoms with Gasteiger partial charge in [0.15, 0.2) is 6.23 Å². The van der Waals surface area contributed by atoms with Crippen LogP contribution < -0.4 is 0 Å². The van der Waals surface area contributed by atoms with Gasteiger partial charge < -0.3 is 5.11 Å². The Morgan fingerprint density at radius 2 is 1.71 bits per heavy atom. The summed E-state index contributed by atoms with van der Waals surface area (Å²) in [6.45, 7) is 0. The van der Waals surface area contributed by atoms with Gasteiger partial charge in [-0.2, -0.15) is 12.7 Å². The second-order valence-corrected chi connectivity index (χ2v) is 7.20. The van der Waals surface area contributed by atoms with Gasteiger partial charge in [0.2, 0.25) is 0 Å². The van der Waals surface area contributed by atoms with Gasteiger partial charge in [-0.1, -0.05) is 28.1 Å². The molecule has 0 amide bonds. The molecule has 0 radical (unpaired) electrons. The Labute approximate surface area is 146 Å². The predicted octanol–water partition coefficient (Wildman–Crippen LogP) is 2.60. The van der Waals surface area contributed by atoms with E-state index in [9.17, 15) is 23.6 Å². The Bertz CT molecular complexity index is 823. The molecule has 0 saturated heterocycles. The zero-order valence-corrected chi connectivity index (χ0v) is 14.8. The van der Waals surface area contributed by atoms with Crippen molar-refractivity contribution in [1.82, 2.24) is 5.06 Å². The SMILES string of the molecule is CN(OS(=O)(=O)c1ccc([N+](=O)[O-])cc1)C(O)c1ccc(Br)cc1. The average molecular weight is 417 g/mol. The topological polar surface area (TPSA) is 110 Å². The molecule has 8 nitrogen and oxygen atoms in total. The summed E-state index contributed by atoms with van der Waals surface area (Å²) in [5.74, 6) is 0. The zero-order chi connectivity index (χ0) is 17.9. The van der Waals surface area contributed by atoms with Gasteiger partial charge in [0.05, 0.1) is 9.82 Å². The molecule has 2 rings (SSSR count). The predicted molar refractivity (Wildman–Crippen MR) is 88.2 cm³/mol. The molecular weight excluding hydrogens is 404 g/mol. The van der Waals surface area contributed by atoms with Crippen molar-refractivity contribution in [3.63, 3.8) is 0 Å². The number of aliphatic hydroxyl groups is 1. The first-order valence-corrected chi connectivity index (χ1v) is 8.76. The molecule has 0 saturated carbocycles. The molecule has 1 atom stereocenters. The van der Waals surface area contributed by atoms with E-state index in [-0.39, 0.29) is 10.6 Å². The van der Waals surface area contributed by atoms with Crippen LogP contribution in [-0.2, 0) is 14.4 Å². The first-order chi connectivity index (χ1) is 11.2. The lowest BCUT2D eigenvalue weighted by molar-refractivity contribution is -0.384. The third kappa shape index (κ3) is 4.36. The van der Waals surface area contributed by atoms with Crippen molar-refractivity contribution in [3.8, 4) is 0 Å². The van der Waals surface area contributed by atoms with E-state index >= 15 is 0 Å². The molecule has 0 aliphatic heterocycles. The monoisotopic (exact) mass is 416 g/mol. The summed E-state index contributed by atoms with van der Waals surface area (Å²) < 4.78 is 30.0. The maximum atomic E-state index is 12.2. The number of aliphatic hydroxyl groups excluding tert-OH is 1. The molecule has 2 aromatic carbocycles. The second kappa shape index (κ2) is 7.36. The summed E-state index contributed by atoms with van der Waals surface area (Å²) in [6, 6.07) is 10.8. The van der Waals surface area contributed by atoms with Crippen molar-refractivity contribution in [1.29, 1.82) is 0 Å². The number of hydrogen-bond donors (Lipinski definition) is 1. The highest BCUT2D eigenvalue weighted by Crippen LogP contribution is 2.23. The lowest BCUT2D eigenvalue weighted by Gasteiger charge is -2.22. The standard InChI is InChI=1S/C14H13BrN2O6S/c1-16(14(18)10-2-4-11(15)5-3-10)23-24(21,22)13-8-6-12(7-9-13)17(19)20/h2-9,14,18H,1H3. The molecule has 2 aromatic rings. The highest BCUT2D eigenvalue weighted by Gasteiger charge is 2.24. The summed E-state index contributed by atoms with van der Waals surface area (Å²) in [5.41, 5.74) is 0.191. The van der Waals surface area contributed by atoms with Crippen molar-refractivity contribution in [3.05, 3.63) is 68.7 Å². The summed E-state index contributed by atoms with van der Waals surface area (Å²) >= 11 is 3.26.